The lowest BCUT2D eigenvalue weighted by Gasteiger charge is -2.05. The van der Waals surface area contributed by atoms with Gasteiger partial charge in [0.2, 0.25) is 0 Å². The smallest absolute Gasteiger partial charge is 0.269 e. The van der Waals surface area contributed by atoms with E-state index in [1.807, 2.05) is 23.6 Å². The number of amides is 1. The number of nitrogens with zero attached hydrogens (tertiary/aromatic N) is 2. The van der Waals surface area contributed by atoms with E-state index in [0.29, 0.717) is 18.5 Å². The van der Waals surface area contributed by atoms with Crippen molar-refractivity contribution in [3.05, 3.63) is 79.1 Å². The molecule has 132 valence electrons. The van der Waals surface area contributed by atoms with Crippen LogP contribution in [0, 0.1) is 10.1 Å². The van der Waals surface area contributed by atoms with Gasteiger partial charge in [-0.25, -0.2) is 4.98 Å². The Kier molecular flexibility index (Phi) is 5.75. The molecule has 0 unspecified atom stereocenters. The van der Waals surface area contributed by atoms with E-state index in [-0.39, 0.29) is 11.6 Å². The molecule has 2 aromatic carbocycles. The van der Waals surface area contributed by atoms with E-state index in [0.717, 1.165) is 20.7 Å². The van der Waals surface area contributed by atoms with Crippen molar-refractivity contribution in [3.63, 3.8) is 0 Å². The second-order valence-electron chi connectivity index (χ2n) is 5.42. The molecule has 0 aliphatic carbocycles. The highest BCUT2D eigenvalue weighted by Crippen LogP contribution is 2.24. The van der Waals surface area contributed by atoms with E-state index >= 15 is 0 Å². The maximum atomic E-state index is 12.2. The van der Waals surface area contributed by atoms with Crippen LogP contribution in [0.1, 0.15) is 15.4 Å². The van der Waals surface area contributed by atoms with Gasteiger partial charge in [0.1, 0.15) is 0 Å². The zero-order chi connectivity index (χ0) is 18.5. The number of rotatable bonds is 6. The van der Waals surface area contributed by atoms with Gasteiger partial charge in [0.25, 0.3) is 11.6 Å². The molecule has 1 heterocycles. The maximum absolute atomic E-state index is 12.2. The number of carbonyl (C=O) groups is 1. The number of benzene rings is 2. The fourth-order valence-corrected chi connectivity index (χ4v) is 3.61. The minimum Gasteiger partial charge on any atom is -0.352 e. The van der Waals surface area contributed by atoms with Crippen LogP contribution < -0.4 is 5.32 Å². The van der Waals surface area contributed by atoms with E-state index in [9.17, 15) is 14.9 Å². The third-order valence-electron chi connectivity index (χ3n) is 3.67. The minimum absolute atomic E-state index is 0.0546. The number of halogens is 1. The predicted molar refractivity (Wildman–Crippen MR) is 104 cm³/mol. The summed E-state index contributed by atoms with van der Waals surface area (Å²) < 4.78 is 0.757. The van der Waals surface area contributed by atoms with Crippen LogP contribution in [0.2, 0.25) is 0 Å². The number of carbonyl (C=O) groups excluding carboxylic acids is 1. The van der Waals surface area contributed by atoms with Gasteiger partial charge in [-0.3, -0.25) is 14.9 Å². The molecular formula is C18H14BrN3O3S. The highest BCUT2D eigenvalue weighted by molar-refractivity contribution is 9.10. The number of non-ortho nitro benzene ring substituents is 1. The van der Waals surface area contributed by atoms with Gasteiger partial charge in [-0.05, 0) is 40.2 Å². The maximum Gasteiger partial charge on any atom is 0.269 e. The van der Waals surface area contributed by atoms with E-state index in [1.54, 1.807) is 18.2 Å². The summed E-state index contributed by atoms with van der Waals surface area (Å²) in [6.45, 7) is 0.480. The van der Waals surface area contributed by atoms with Crippen LogP contribution in [0.3, 0.4) is 0 Å². The van der Waals surface area contributed by atoms with Crippen molar-refractivity contribution < 1.29 is 9.72 Å². The Morgan fingerprint density at radius 3 is 2.62 bits per heavy atom. The summed E-state index contributed by atoms with van der Waals surface area (Å²) in [5, 5.41) is 16.4. The standard InChI is InChI=1S/C18H14BrN3O3S/c19-15-4-2-1-3-14(15)18(23)20-10-9-17-21-16(11-26-17)12-5-7-13(8-6-12)22(24)25/h1-8,11H,9-10H2,(H,20,23). The van der Waals surface area contributed by atoms with Crippen molar-refractivity contribution in [2.75, 3.05) is 6.54 Å². The summed E-state index contributed by atoms with van der Waals surface area (Å²) in [5.41, 5.74) is 2.25. The van der Waals surface area contributed by atoms with E-state index in [2.05, 4.69) is 26.2 Å². The van der Waals surface area contributed by atoms with Crippen LogP contribution >= 0.6 is 27.3 Å². The Morgan fingerprint density at radius 1 is 1.19 bits per heavy atom. The summed E-state index contributed by atoms with van der Waals surface area (Å²) >= 11 is 4.86. The van der Waals surface area contributed by atoms with Crippen molar-refractivity contribution in [2.45, 2.75) is 6.42 Å². The lowest BCUT2D eigenvalue weighted by molar-refractivity contribution is -0.384. The number of hydrogen-bond acceptors (Lipinski definition) is 5. The number of aromatic nitrogens is 1. The largest absolute Gasteiger partial charge is 0.352 e. The molecule has 0 fully saturated rings. The molecule has 6 nitrogen and oxygen atoms in total. The molecular weight excluding hydrogens is 418 g/mol. The average molecular weight is 432 g/mol. The fourth-order valence-electron chi connectivity index (χ4n) is 2.34. The Labute approximate surface area is 162 Å². The first kappa shape index (κ1) is 18.2. The van der Waals surface area contributed by atoms with Crippen LogP contribution in [0.25, 0.3) is 11.3 Å². The second-order valence-corrected chi connectivity index (χ2v) is 7.21. The SMILES string of the molecule is O=C(NCCc1nc(-c2ccc([N+](=O)[O-])cc2)cs1)c1ccccc1Br. The lowest BCUT2D eigenvalue weighted by atomic mass is 10.1. The van der Waals surface area contributed by atoms with E-state index < -0.39 is 4.92 Å². The molecule has 0 bridgehead atoms. The van der Waals surface area contributed by atoms with Crippen molar-refractivity contribution in [1.29, 1.82) is 0 Å². The molecule has 8 heteroatoms. The molecule has 3 rings (SSSR count). The van der Waals surface area contributed by atoms with Gasteiger partial charge in [-0.1, -0.05) is 12.1 Å². The van der Waals surface area contributed by atoms with Crippen LogP contribution in [0.5, 0.6) is 0 Å². The molecule has 1 N–H and O–H groups in total. The zero-order valence-corrected chi connectivity index (χ0v) is 15.9. The number of thiazole rings is 1. The molecule has 3 aromatic rings. The Hall–Kier alpha value is -2.58. The first-order chi connectivity index (χ1) is 12.5. The third-order valence-corrected chi connectivity index (χ3v) is 5.27. The Bertz CT molecular complexity index is 941. The van der Waals surface area contributed by atoms with Crippen LogP contribution in [0.4, 0.5) is 5.69 Å². The molecule has 0 saturated carbocycles. The third kappa shape index (κ3) is 4.33. The molecule has 0 saturated heterocycles. The predicted octanol–water partition coefficient (Wildman–Crippen LogP) is 4.45. The number of hydrogen-bond donors (Lipinski definition) is 1. The van der Waals surface area contributed by atoms with Gasteiger partial charge in [0, 0.05) is 40.5 Å². The monoisotopic (exact) mass is 431 g/mol. The zero-order valence-electron chi connectivity index (χ0n) is 13.5. The topological polar surface area (TPSA) is 85.1 Å². The Balaban J connectivity index is 1.58. The normalized spacial score (nSPS) is 10.5. The average Bonchev–Trinajstić information content (AvgIpc) is 3.11. The minimum atomic E-state index is -0.427. The molecule has 0 radical (unpaired) electrons. The van der Waals surface area contributed by atoms with Crippen LogP contribution in [-0.4, -0.2) is 22.4 Å². The van der Waals surface area contributed by atoms with Crippen molar-refractivity contribution in [2.24, 2.45) is 0 Å². The van der Waals surface area contributed by atoms with Crippen LogP contribution in [0.15, 0.2) is 58.4 Å². The first-order valence-electron chi connectivity index (χ1n) is 7.76. The summed E-state index contributed by atoms with van der Waals surface area (Å²) in [5.74, 6) is -0.135. The van der Waals surface area contributed by atoms with Gasteiger partial charge in [-0.15, -0.1) is 11.3 Å². The molecule has 1 aromatic heterocycles. The lowest BCUT2D eigenvalue weighted by Crippen LogP contribution is -2.25. The van der Waals surface area contributed by atoms with Gasteiger partial charge in [-0.2, -0.15) is 0 Å². The number of nitrogens with one attached hydrogen (secondary N) is 1. The molecule has 0 aliphatic rings. The summed E-state index contributed by atoms with van der Waals surface area (Å²) in [4.78, 5) is 27.0. The van der Waals surface area contributed by atoms with Crippen molar-refractivity contribution >= 4 is 38.9 Å². The summed E-state index contributed by atoms with van der Waals surface area (Å²) in [6, 6.07) is 13.6. The van der Waals surface area contributed by atoms with Crippen molar-refractivity contribution in [3.8, 4) is 11.3 Å². The molecule has 0 spiro atoms. The van der Waals surface area contributed by atoms with E-state index in [1.165, 1.54) is 23.5 Å². The van der Waals surface area contributed by atoms with Crippen molar-refractivity contribution in [1.82, 2.24) is 10.3 Å². The quantitative estimate of drug-likeness (QED) is 0.461. The molecule has 26 heavy (non-hydrogen) atoms. The van der Waals surface area contributed by atoms with Gasteiger partial charge >= 0.3 is 0 Å². The highest BCUT2D eigenvalue weighted by atomic mass is 79.9. The molecule has 1 amide bonds. The van der Waals surface area contributed by atoms with Crippen LogP contribution in [-0.2, 0) is 6.42 Å². The van der Waals surface area contributed by atoms with Gasteiger partial charge in [0.05, 0.1) is 21.2 Å². The second kappa shape index (κ2) is 8.20. The first-order valence-corrected chi connectivity index (χ1v) is 9.44. The summed E-state index contributed by atoms with van der Waals surface area (Å²) in [7, 11) is 0. The fraction of sp³-hybridized carbons (Fsp3) is 0.111. The summed E-state index contributed by atoms with van der Waals surface area (Å²) in [6.07, 6.45) is 0.619. The van der Waals surface area contributed by atoms with Gasteiger partial charge < -0.3 is 5.32 Å². The van der Waals surface area contributed by atoms with Gasteiger partial charge in [0.15, 0.2) is 0 Å². The highest BCUT2D eigenvalue weighted by Gasteiger charge is 2.10. The molecule has 0 atom stereocenters. The Morgan fingerprint density at radius 2 is 1.92 bits per heavy atom. The van der Waals surface area contributed by atoms with E-state index in [4.69, 9.17) is 0 Å². The molecule has 0 aliphatic heterocycles. The number of nitro groups is 1. The number of nitro benzene ring substituents is 1.